The highest BCUT2D eigenvalue weighted by atomic mass is 16.5. The van der Waals surface area contributed by atoms with Gasteiger partial charge in [-0.2, -0.15) is 4.98 Å². The van der Waals surface area contributed by atoms with Crippen molar-refractivity contribution in [2.75, 3.05) is 6.54 Å². The van der Waals surface area contributed by atoms with Gasteiger partial charge in [-0.15, -0.1) is 0 Å². The van der Waals surface area contributed by atoms with Gasteiger partial charge in [0, 0.05) is 24.1 Å². The van der Waals surface area contributed by atoms with Crippen LogP contribution >= 0.6 is 0 Å². The van der Waals surface area contributed by atoms with E-state index in [9.17, 15) is 4.79 Å². The Kier molecular flexibility index (Phi) is 3.19. The Balaban J connectivity index is 1.60. The lowest BCUT2D eigenvalue weighted by Gasteiger charge is -2.31. The van der Waals surface area contributed by atoms with E-state index in [0.29, 0.717) is 24.7 Å². The van der Waals surface area contributed by atoms with Crippen molar-refractivity contribution < 1.29 is 9.32 Å². The molecule has 0 spiro atoms. The number of rotatable bonds is 2. The molecule has 0 saturated carbocycles. The SMILES string of the molecule is CC(C)(C)N1C[C@H](c2nc(-c3ccc4nc[nH]c4c3)no2)CC1=O. The summed E-state index contributed by atoms with van der Waals surface area (Å²) in [6.45, 7) is 6.72. The van der Waals surface area contributed by atoms with Crippen molar-refractivity contribution in [1.29, 1.82) is 0 Å². The number of fused-ring (bicyclic) bond motifs is 1. The molecule has 1 aliphatic heterocycles. The van der Waals surface area contributed by atoms with Crippen LogP contribution in [0.4, 0.5) is 0 Å². The molecule has 0 unspecified atom stereocenters. The number of hydrogen-bond donors (Lipinski definition) is 1. The first-order chi connectivity index (χ1) is 11.4. The van der Waals surface area contributed by atoms with Gasteiger partial charge in [0.05, 0.1) is 23.3 Å². The number of likely N-dealkylation sites (tertiary alicyclic amines) is 1. The minimum Gasteiger partial charge on any atom is -0.345 e. The number of aromatic amines is 1. The van der Waals surface area contributed by atoms with Gasteiger partial charge in [0.15, 0.2) is 0 Å². The lowest BCUT2D eigenvalue weighted by molar-refractivity contribution is -0.131. The minimum atomic E-state index is -0.194. The van der Waals surface area contributed by atoms with Crippen molar-refractivity contribution in [2.24, 2.45) is 0 Å². The molecule has 3 heterocycles. The number of carbonyl (C=O) groups excluding carboxylic acids is 1. The summed E-state index contributed by atoms with van der Waals surface area (Å²) in [5, 5.41) is 4.08. The van der Waals surface area contributed by atoms with Gasteiger partial charge < -0.3 is 14.4 Å². The van der Waals surface area contributed by atoms with Crippen LogP contribution in [0.5, 0.6) is 0 Å². The summed E-state index contributed by atoms with van der Waals surface area (Å²) in [5.74, 6) is 1.14. The molecular formula is C17H19N5O2. The van der Waals surface area contributed by atoms with Gasteiger partial charge in [0.25, 0.3) is 0 Å². The molecule has 3 aromatic rings. The van der Waals surface area contributed by atoms with Gasteiger partial charge in [0.2, 0.25) is 17.6 Å². The van der Waals surface area contributed by atoms with Gasteiger partial charge in [-0.1, -0.05) is 5.16 Å². The Bertz CT molecular complexity index is 905. The van der Waals surface area contributed by atoms with Crippen molar-refractivity contribution in [1.82, 2.24) is 25.0 Å². The molecule has 2 aromatic heterocycles. The van der Waals surface area contributed by atoms with Crippen molar-refractivity contribution in [3.05, 3.63) is 30.4 Å². The molecule has 7 heteroatoms. The zero-order chi connectivity index (χ0) is 16.9. The van der Waals surface area contributed by atoms with Crippen LogP contribution in [-0.4, -0.2) is 43.0 Å². The molecule has 0 radical (unpaired) electrons. The predicted molar refractivity (Wildman–Crippen MR) is 88.2 cm³/mol. The quantitative estimate of drug-likeness (QED) is 0.782. The lowest BCUT2D eigenvalue weighted by Crippen LogP contribution is -2.42. The van der Waals surface area contributed by atoms with Gasteiger partial charge in [0.1, 0.15) is 0 Å². The molecule has 7 nitrogen and oxygen atoms in total. The number of amides is 1. The van der Waals surface area contributed by atoms with E-state index in [4.69, 9.17) is 4.52 Å². The summed E-state index contributed by atoms with van der Waals surface area (Å²) in [6, 6.07) is 5.77. The molecule has 0 aliphatic carbocycles. The third-order valence-electron chi connectivity index (χ3n) is 4.40. The largest absolute Gasteiger partial charge is 0.345 e. The van der Waals surface area contributed by atoms with Crippen LogP contribution in [0.1, 0.15) is 39.0 Å². The maximum Gasteiger partial charge on any atom is 0.232 e. The maximum absolute atomic E-state index is 12.2. The standard InChI is InChI=1S/C17H19N5O2/c1-17(2,3)22-8-11(7-14(22)23)16-20-15(21-24-16)10-4-5-12-13(6-10)19-9-18-12/h4-6,9,11H,7-8H2,1-3H3,(H,18,19)/t11-/m1/s1. The number of carbonyl (C=O) groups is 1. The number of benzene rings is 1. The van der Waals surface area contributed by atoms with Crippen LogP contribution < -0.4 is 0 Å². The summed E-state index contributed by atoms with van der Waals surface area (Å²) < 4.78 is 5.44. The molecule has 1 saturated heterocycles. The number of nitrogens with zero attached hydrogens (tertiary/aromatic N) is 4. The highest BCUT2D eigenvalue weighted by Gasteiger charge is 2.39. The summed E-state index contributed by atoms with van der Waals surface area (Å²) >= 11 is 0. The summed E-state index contributed by atoms with van der Waals surface area (Å²) in [5.41, 5.74) is 2.48. The second-order valence-corrected chi connectivity index (χ2v) is 7.17. The smallest absolute Gasteiger partial charge is 0.232 e. The highest BCUT2D eigenvalue weighted by Crippen LogP contribution is 2.32. The average molecular weight is 325 g/mol. The van der Waals surface area contributed by atoms with Gasteiger partial charge in [-0.05, 0) is 39.0 Å². The van der Waals surface area contributed by atoms with Crippen molar-refractivity contribution in [2.45, 2.75) is 38.6 Å². The molecule has 1 atom stereocenters. The third-order valence-corrected chi connectivity index (χ3v) is 4.40. The van der Waals surface area contributed by atoms with E-state index in [1.165, 1.54) is 0 Å². The van der Waals surface area contributed by atoms with Gasteiger partial charge in [-0.3, -0.25) is 4.79 Å². The topological polar surface area (TPSA) is 87.9 Å². The summed E-state index contributed by atoms with van der Waals surface area (Å²) in [7, 11) is 0. The van der Waals surface area contributed by atoms with E-state index in [-0.39, 0.29) is 17.4 Å². The first-order valence-electron chi connectivity index (χ1n) is 7.99. The van der Waals surface area contributed by atoms with E-state index in [0.717, 1.165) is 16.6 Å². The Morgan fingerprint density at radius 1 is 1.33 bits per heavy atom. The Hall–Kier alpha value is -2.70. The molecule has 1 aromatic carbocycles. The van der Waals surface area contributed by atoms with Gasteiger partial charge >= 0.3 is 0 Å². The van der Waals surface area contributed by atoms with E-state index < -0.39 is 0 Å². The van der Waals surface area contributed by atoms with Crippen LogP contribution in [0.2, 0.25) is 0 Å². The molecule has 1 fully saturated rings. The fraction of sp³-hybridized carbons (Fsp3) is 0.412. The summed E-state index contributed by atoms with van der Waals surface area (Å²) in [6.07, 6.45) is 2.07. The molecule has 1 amide bonds. The molecule has 24 heavy (non-hydrogen) atoms. The van der Waals surface area contributed by atoms with Crippen molar-refractivity contribution >= 4 is 16.9 Å². The first kappa shape index (κ1) is 14.9. The zero-order valence-electron chi connectivity index (χ0n) is 13.9. The number of imidazole rings is 1. The Morgan fingerprint density at radius 3 is 2.92 bits per heavy atom. The fourth-order valence-corrected chi connectivity index (χ4v) is 3.11. The fourth-order valence-electron chi connectivity index (χ4n) is 3.11. The van der Waals surface area contributed by atoms with Crippen LogP contribution in [0, 0.1) is 0 Å². The number of hydrogen-bond acceptors (Lipinski definition) is 5. The molecule has 124 valence electrons. The third kappa shape index (κ3) is 2.46. The Morgan fingerprint density at radius 2 is 2.17 bits per heavy atom. The molecule has 1 aliphatic rings. The average Bonchev–Trinajstić information content (AvgIpc) is 3.24. The predicted octanol–water partition coefficient (Wildman–Crippen LogP) is 2.73. The monoisotopic (exact) mass is 325 g/mol. The normalized spacial score (nSPS) is 18.7. The molecule has 1 N–H and O–H groups in total. The Labute approximate surface area is 139 Å². The van der Waals surface area contributed by atoms with Crippen LogP contribution in [0.15, 0.2) is 29.0 Å². The lowest BCUT2D eigenvalue weighted by atomic mass is 10.1. The zero-order valence-corrected chi connectivity index (χ0v) is 13.9. The highest BCUT2D eigenvalue weighted by molar-refractivity contribution is 5.81. The van der Waals surface area contributed by atoms with E-state index in [1.807, 2.05) is 43.9 Å². The molecular weight excluding hydrogens is 306 g/mol. The number of aromatic nitrogens is 4. The van der Waals surface area contributed by atoms with Crippen molar-refractivity contribution in [3.63, 3.8) is 0 Å². The van der Waals surface area contributed by atoms with Crippen LogP contribution in [-0.2, 0) is 4.79 Å². The van der Waals surface area contributed by atoms with E-state index >= 15 is 0 Å². The maximum atomic E-state index is 12.2. The second kappa shape index (κ2) is 5.15. The summed E-state index contributed by atoms with van der Waals surface area (Å²) in [4.78, 5) is 25.9. The van der Waals surface area contributed by atoms with E-state index in [1.54, 1.807) is 6.33 Å². The number of nitrogens with one attached hydrogen (secondary N) is 1. The number of H-pyrrole nitrogens is 1. The minimum absolute atomic E-state index is 0.0474. The van der Waals surface area contributed by atoms with Gasteiger partial charge in [-0.25, -0.2) is 4.98 Å². The van der Waals surface area contributed by atoms with Crippen molar-refractivity contribution in [3.8, 4) is 11.4 Å². The molecule has 0 bridgehead atoms. The first-order valence-corrected chi connectivity index (χ1v) is 7.99. The molecule has 4 rings (SSSR count). The second-order valence-electron chi connectivity index (χ2n) is 7.17. The van der Waals surface area contributed by atoms with Crippen LogP contribution in [0.3, 0.4) is 0 Å². The van der Waals surface area contributed by atoms with Crippen LogP contribution in [0.25, 0.3) is 22.4 Å². The van der Waals surface area contributed by atoms with E-state index in [2.05, 4.69) is 20.1 Å².